The molecule has 1 aliphatic heterocycles. The van der Waals surface area contributed by atoms with Crippen LogP contribution >= 0.6 is 0 Å². The van der Waals surface area contributed by atoms with Gasteiger partial charge in [-0.3, -0.25) is 14.6 Å². The SMILES string of the molecule is COc1ccc(F)cc1C(=O)NC[C@@H]1CC(=O)N(C)[C@H]1c1ccncc1. The predicted octanol–water partition coefficient (Wildman–Crippen LogP) is 2.18. The monoisotopic (exact) mass is 357 g/mol. The largest absolute Gasteiger partial charge is 0.496 e. The van der Waals surface area contributed by atoms with Gasteiger partial charge in [0.2, 0.25) is 5.91 Å². The fourth-order valence-electron chi connectivity index (χ4n) is 3.37. The van der Waals surface area contributed by atoms with Crippen LogP contribution in [-0.2, 0) is 4.79 Å². The zero-order chi connectivity index (χ0) is 18.7. The minimum Gasteiger partial charge on any atom is -0.496 e. The average molecular weight is 357 g/mol. The Morgan fingerprint density at radius 3 is 2.77 bits per heavy atom. The number of ether oxygens (including phenoxy) is 1. The van der Waals surface area contributed by atoms with E-state index in [1.807, 2.05) is 12.1 Å². The van der Waals surface area contributed by atoms with Gasteiger partial charge in [-0.05, 0) is 35.9 Å². The van der Waals surface area contributed by atoms with Gasteiger partial charge in [0.05, 0.1) is 18.7 Å². The van der Waals surface area contributed by atoms with Crippen LogP contribution in [0.5, 0.6) is 5.75 Å². The van der Waals surface area contributed by atoms with Gasteiger partial charge in [0, 0.05) is 38.3 Å². The van der Waals surface area contributed by atoms with Gasteiger partial charge < -0.3 is 15.0 Å². The van der Waals surface area contributed by atoms with Crippen LogP contribution in [0.4, 0.5) is 4.39 Å². The van der Waals surface area contributed by atoms with Crippen LogP contribution in [0.25, 0.3) is 0 Å². The van der Waals surface area contributed by atoms with E-state index in [1.165, 1.54) is 19.2 Å². The number of nitrogens with one attached hydrogen (secondary N) is 1. The number of hydrogen-bond acceptors (Lipinski definition) is 4. The second kappa shape index (κ2) is 7.51. The van der Waals surface area contributed by atoms with E-state index in [1.54, 1.807) is 24.3 Å². The van der Waals surface area contributed by atoms with E-state index in [0.29, 0.717) is 18.7 Å². The van der Waals surface area contributed by atoms with Crippen LogP contribution in [-0.4, -0.2) is 42.4 Å². The predicted molar refractivity (Wildman–Crippen MR) is 93.1 cm³/mol. The summed E-state index contributed by atoms with van der Waals surface area (Å²) >= 11 is 0. The van der Waals surface area contributed by atoms with Crippen molar-refractivity contribution < 1.29 is 18.7 Å². The number of aromatic nitrogens is 1. The molecule has 0 saturated carbocycles. The molecule has 0 aliphatic carbocycles. The number of halogens is 1. The number of pyridine rings is 1. The van der Waals surface area contributed by atoms with Crippen molar-refractivity contribution >= 4 is 11.8 Å². The van der Waals surface area contributed by atoms with Crippen molar-refractivity contribution in [3.63, 3.8) is 0 Å². The number of rotatable bonds is 5. The highest BCUT2D eigenvalue weighted by Gasteiger charge is 2.38. The molecule has 136 valence electrons. The molecule has 0 radical (unpaired) electrons. The zero-order valence-electron chi connectivity index (χ0n) is 14.6. The van der Waals surface area contributed by atoms with Gasteiger partial charge in [-0.25, -0.2) is 4.39 Å². The Hall–Kier alpha value is -2.96. The first-order valence-corrected chi connectivity index (χ1v) is 8.28. The molecule has 6 nitrogen and oxygen atoms in total. The summed E-state index contributed by atoms with van der Waals surface area (Å²) < 4.78 is 18.6. The summed E-state index contributed by atoms with van der Waals surface area (Å²) in [6.07, 6.45) is 3.70. The maximum absolute atomic E-state index is 13.5. The van der Waals surface area contributed by atoms with E-state index in [9.17, 15) is 14.0 Å². The van der Waals surface area contributed by atoms with Gasteiger partial charge in [-0.1, -0.05) is 0 Å². The van der Waals surface area contributed by atoms with Crippen LogP contribution in [0, 0.1) is 11.7 Å². The van der Waals surface area contributed by atoms with Crippen molar-refractivity contribution in [3.05, 3.63) is 59.7 Å². The summed E-state index contributed by atoms with van der Waals surface area (Å²) in [5.41, 5.74) is 1.10. The fraction of sp³-hybridized carbons (Fsp3) is 0.316. The van der Waals surface area contributed by atoms with Crippen molar-refractivity contribution in [2.24, 2.45) is 5.92 Å². The molecular formula is C19H20FN3O3. The minimum atomic E-state index is -0.513. The lowest BCUT2D eigenvalue weighted by atomic mass is 9.94. The standard InChI is InChI=1S/C19H20FN3O3/c1-23-17(24)9-13(18(23)12-5-7-21-8-6-12)11-22-19(25)15-10-14(20)3-4-16(15)26-2/h3-8,10,13,18H,9,11H2,1-2H3,(H,22,25)/t13-,18-/m0/s1. The van der Waals surface area contributed by atoms with Crippen molar-refractivity contribution in [2.75, 3.05) is 20.7 Å². The summed E-state index contributed by atoms with van der Waals surface area (Å²) in [6, 6.07) is 7.38. The van der Waals surface area contributed by atoms with Crippen LogP contribution in [0.2, 0.25) is 0 Å². The van der Waals surface area contributed by atoms with E-state index in [4.69, 9.17) is 4.74 Å². The maximum atomic E-state index is 13.5. The van der Waals surface area contributed by atoms with E-state index in [0.717, 1.165) is 11.6 Å². The fourth-order valence-corrected chi connectivity index (χ4v) is 3.37. The highest BCUT2D eigenvalue weighted by atomic mass is 19.1. The lowest BCUT2D eigenvalue weighted by Gasteiger charge is -2.25. The number of benzene rings is 1. The molecule has 1 fully saturated rings. The van der Waals surface area contributed by atoms with Crippen LogP contribution < -0.4 is 10.1 Å². The first-order valence-electron chi connectivity index (χ1n) is 8.28. The molecule has 1 aromatic heterocycles. The average Bonchev–Trinajstić information content (AvgIpc) is 2.94. The Morgan fingerprint density at radius 1 is 1.35 bits per heavy atom. The quantitative estimate of drug-likeness (QED) is 0.890. The summed E-state index contributed by atoms with van der Waals surface area (Å²) in [4.78, 5) is 30.3. The van der Waals surface area contributed by atoms with Crippen LogP contribution in [0.3, 0.4) is 0 Å². The van der Waals surface area contributed by atoms with E-state index < -0.39 is 11.7 Å². The molecule has 1 aliphatic rings. The highest BCUT2D eigenvalue weighted by Crippen LogP contribution is 2.36. The highest BCUT2D eigenvalue weighted by molar-refractivity contribution is 5.97. The number of methoxy groups -OCH3 is 1. The van der Waals surface area contributed by atoms with Gasteiger partial charge in [-0.15, -0.1) is 0 Å². The Bertz CT molecular complexity index is 813. The lowest BCUT2D eigenvalue weighted by Crippen LogP contribution is -2.32. The number of amides is 2. The molecule has 0 spiro atoms. The lowest BCUT2D eigenvalue weighted by molar-refractivity contribution is -0.127. The van der Waals surface area contributed by atoms with Gasteiger partial charge in [0.1, 0.15) is 11.6 Å². The van der Waals surface area contributed by atoms with E-state index >= 15 is 0 Å². The van der Waals surface area contributed by atoms with E-state index in [-0.39, 0.29) is 23.4 Å². The zero-order valence-corrected chi connectivity index (χ0v) is 14.6. The first-order chi connectivity index (χ1) is 12.5. The Labute approximate surface area is 151 Å². The molecule has 1 aromatic carbocycles. The topological polar surface area (TPSA) is 71.5 Å². The number of nitrogens with zero attached hydrogens (tertiary/aromatic N) is 2. The first kappa shape index (κ1) is 17.8. The van der Waals surface area contributed by atoms with Crippen LogP contribution in [0.15, 0.2) is 42.7 Å². The smallest absolute Gasteiger partial charge is 0.255 e. The number of carbonyl (C=O) groups is 2. The third kappa shape index (κ3) is 3.51. The summed E-state index contributed by atoms with van der Waals surface area (Å²) in [6.45, 7) is 0.293. The molecule has 2 atom stereocenters. The normalized spacial score (nSPS) is 19.5. The molecule has 1 saturated heterocycles. The summed E-state index contributed by atoms with van der Waals surface area (Å²) in [5, 5.41) is 2.80. The number of carbonyl (C=O) groups excluding carboxylic acids is 2. The molecule has 2 heterocycles. The van der Waals surface area contributed by atoms with Gasteiger partial charge in [0.25, 0.3) is 5.91 Å². The molecule has 7 heteroatoms. The molecule has 26 heavy (non-hydrogen) atoms. The minimum absolute atomic E-state index is 0.0226. The molecule has 2 aromatic rings. The second-order valence-corrected chi connectivity index (χ2v) is 6.25. The van der Waals surface area contributed by atoms with Crippen LogP contribution in [0.1, 0.15) is 28.4 Å². The number of hydrogen-bond donors (Lipinski definition) is 1. The second-order valence-electron chi connectivity index (χ2n) is 6.25. The third-order valence-corrected chi connectivity index (χ3v) is 4.67. The van der Waals surface area contributed by atoms with Crippen molar-refractivity contribution in [3.8, 4) is 5.75 Å². The van der Waals surface area contributed by atoms with Crippen molar-refractivity contribution in [1.29, 1.82) is 0 Å². The van der Waals surface area contributed by atoms with Gasteiger partial charge in [0.15, 0.2) is 0 Å². The molecule has 3 rings (SSSR count). The maximum Gasteiger partial charge on any atom is 0.255 e. The third-order valence-electron chi connectivity index (χ3n) is 4.67. The van der Waals surface area contributed by atoms with Crippen molar-refractivity contribution in [1.82, 2.24) is 15.2 Å². The number of likely N-dealkylation sites (tertiary alicyclic amines) is 1. The Kier molecular flexibility index (Phi) is 5.16. The summed E-state index contributed by atoms with van der Waals surface area (Å²) in [7, 11) is 3.18. The van der Waals surface area contributed by atoms with E-state index in [2.05, 4.69) is 10.3 Å². The molecule has 0 unspecified atom stereocenters. The van der Waals surface area contributed by atoms with Gasteiger partial charge in [-0.2, -0.15) is 0 Å². The Morgan fingerprint density at radius 2 is 2.08 bits per heavy atom. The molecule has 0 bridgehead atoms. The summed E-state index contributed by atoms with van der Waals surface area (Å²) in [5.74, 6) is -0.708. The molecular weight excluding hydrogens is 337 g/mol. The molecule has 1 N–H and O–H groups in total. The molecule has 2 amide bonds. The Balaban J connectivity index is 1.75. The van der Waals surface area contributed by atoms with Crippen molar-refractivity contribution in [2.45, 2.75) is 12.5 Å². The van der Waals surface area contributed by atoms with Gasteiger partial charge >= 0.3 is 0 Å².